The highest BCUT2D eigenvalue weighted by Gasteiger charge is 2.34. The molecule has 2 fully saturated rings. The number of carbonyl (C=O) groups is 2. The molecule has 7 nitrogen and oxygen atoms in total. The van der Waals surface area contributed by atoms with Crippen LogP contribution in [0.1, 0.15) is 12.8 Å². The lowest BCUT2D eigenvalue weighted by Gasteiger charge is -2.26. The van der Waals surface area contributed by atoms with Crippen molar-refractivity contribution in [1.29, 1.82) is 0 Å². The molecule has 0 aliphatic carbocycles. The van der Waals surface area contributed by atoms with Crippen molar-refractivity contribution in [2.75, 3.05) is 39.4 Å². The SMILES string of the molecule is O=C(NCCN1CCOCC1)[C@@H]1CC[C@H](C(=O)O)O1. The van der Waals surface area contributed by atoms with Crippen LogP contribution in [0.25, 0.3) is 0 Å². The molecule has 2 saturated heterocycles. The van der Waals surface area contributed by atoms with Crippen molar-refractivity contribution in [3.63, 3.8) is 0 Å². The van der Waals surface area contributed by atoms with E-state index in [0.717, 1.165) is 32.8 Å². The quantitative estimate of drug-likeness (QED) is 0.672. The van der Waals surface area contributed by atoms with E-state index in [0.29, 0.717) is 19.4 Å². The fourth-order valence-electron chi connectivity index (χ4n) is 2.29. The zero-order valence-corrected chi connectivity index (χ0v) is 10.8. The average Bonchev–Trinajstić information content (AvgIpc) is 2.89. The van der Waals surface area contributed by atoms with Gasteiger partial charge in [0.15, 0.2) is 6.10 Å². The fourth-order valence-corrected chi connectivity index (χ4v) is 2.29. The Bertz CT molecular complexity index is 330. The molecule has 0 aromatic heterocycles. The lowest BCUT2D eigenvalue weighted by atomic mass is 10.2. The normalized spacial score (nSPS) is 28.2. The van der Waals surface area contributed by atoms with Gasteiger partial charge in [-0.25, -0.2) is 4.79 Å². The van der Waals surface area contributed by atoms with Gasteiger partial charge in [-0.15, -0.1) is 0 Å². The maximum absolute atomic E-state index is 11.8. The minimum Gasteiger partial charge on any atom is -0.479 e. The van der Waals surface area contributed by atoms with E-state index in [2.05, 4.69) is 10.2 Å². The Kier molecular flexibility index (Phi) is 5.12. The molecule has 2 atom stereocenters. The summed E-state index contributed by atoms with van der Waals surface area (Å²) in [6.45, 7) is 4.58. The number of carbonyl (C=O) groups excluding carboxylic acids is 1. The van der Waals surface area contributed by atoms with E-state index in [4.69, 9.17) is 14.6 Å². The van der Waals surface area contributed by atoms with Gasteiger partial charge in [0.05, 0.1) is 13.2 Å². The Morgan fingerprint density at radius 1 is 1.21 bits per heavy atom. The largest absolute Gasteiger partial charge is 0.479 e. The molecule has 0 bridgehead atoms. The van der Waals surface area contributed by atoms with E-state index in [-0.39, 0.29) is 5.91 Å². The van der Waals surface area contributed by atoms with Crippen LogP contribution in [-0.2, 0) is 19.1 Å². The first-order valence-corrected chi connectivity index (χ1v) is 6.63. The summed E-state index contributed by atoms with van der Waals surface area (Å²) >= 11 is 0. The maximum Gasteiger partial charge on any atom is 0.332 e. The number of carboxylic acid groups (broad SMARTS) is 1. The first kappa shape index (κ1) is 14.2. The Labute approximate surface area is 111 Å². The summed E-state index contributed by atoms with van der Waals surface area (Å²) in [7, 11) is 0. The highest BCUT2D eigenvalue weighted by Crippen LogP contribution is 2.19. The van der Waals surface area contributed by atoms with Gasteiger partial charge in [-0.05, 0) is 12.8 Å². The first-order chi connectivity index (χ1) is 9.16. The predicted octanol–water partition coefficient (Wildman–Crippen LogP) is -0.933. The molecular formula is C12H20N2O5. The van der Waals surface area contributed by atoms with Crippen molar-refractivity contribution in [2.24, 2.45) is 0 Å². The van der Waals surface area contributed by atoms with Crippen molar-refractivity contribution in [1.82, 2.24) is 10.2 Å². The number of hydrogen-bond donors (Lipinski definition) is 2. The van der Waals surface area contributed by atoms with Gasteiger partial charge in [-0.1, -0.05) is 0 Å². The zero-order chi connectivity index (χ0) is 13.7. The van der Waals surface area contributed by atoms with Gasteiger partial charge in [0.1, 0.15) is 6.10 Å². The monoisotopic (exact) mass is 272 g/mol. The third-order valence-corrected chi connectivity index (χ3v) is 3.42. The lowest BCUT2D eigenvalue weighted by Crippen LogP contribution is -2.43. The van der Waals surface area contributed by atoms with Crippen LogP contribution in [0.15, 0.2) is 0 Å². The van der Waals surface area contributed by atoms with Crippen molar-refractivity contribution in [3.05, 3.63) is 0 Å². The molecular weight excluding hydrogens is 252 g/mol. The molecule has 19 heavy (non-hydrogen) atoms. The molecule has 1 amide bonds. The molecule has 2 N–H and O–H groups in total. The minimum atomic E-state index is -0.997. The summed E-state index contributed by atoms with van der Waals surface area (Å²) in [5, 5.41) is 11.6. The standard InChI is InChI=1S/C12H20N2O5/c15-11(9-1-2-10(19-9)12(16)17)13-3-4-14-5-7-18-8-6-14/h9-10H,1-8H2,(H,13,15)(H,16,17)/t9-,10+/m0/s1. The molecule has 2 aliphatic heterocycles. The number of rotatable bonds is 5. The van der Waals surface area contributed by atoms with E-state index in [1.165, 1.54) is 0 Å². The van der Waals surface area contributed by atoms with Gasteiger partial charge in [0, 0.05) is 26.2 Å². The number of nitrogens with zero attached hydrogens (tertiary/aromatic N) is 1. The Balaban J connectivity index is 1.63. The number of ether oxygens (including phenoxy) is 2. The zero-order valence-electron chi connectivity index (χ0n) is 10.8. The van der Waals surface area contributed by atoms with Crippen LogP contribution < -0.4 is 5.32 Å². The van der Waals surface area contributed by atoms with Gasteiger partial charge in [-0.3, -0.25) is 9.69 Å². The van der Waals surface area contributed by atoms with E-state index < -0.39 is 18.2 Å². The van der Waals surface area contributed by atoms with Gasteiger partial charge in [-0.2, -0.15) is 0 Å². The van der Waals surface area contributed by atoms with Crippen LogP contribution in [0, 0.1) is 0 Å². The first-order valence-electron chi connectivity index (χ1n) is 6.63. The second-order valence-corrected chi connectivity index (χ2v) is 4.77. The predicted molar refractivity (Wildman–Crippen MR) is 65.8 cm³/mol. The molecule has 0 saturated carbocycles. The maximum atomic E-state index is 11.8. The average molecular weight is 272 g/mol. The smallest absolute Gasteiger partial charge is 0.332 e. The van der Waals surface area contributed by atoms with Crippen LogP contribution in [0.2, 0.25) is 0 Å². The Morgan fingerprint density at radius 3 is 2.53 bits per heavy atom. The fraction of sp³-hybridized carbons (Fsp3) is 0.833. The Morgan fingerprint density at radius 2 is 1.89 bits per heavy atom. The van der Waals surface area contributed by atoms with Crippen molar-refractivity contribution >= 4 is 11.9 Å². The molecule has 2 heterocycles. The van der Waals surface area contributed by atoms with Gasteiger partial charge >= 0.3 is 5.97 Å². The Hall–Kier alpha value is -1.18. The number of amides is 1. The van der Waals surface area contributed by atoms with E-state index >= 15 is 0 Å². The van der Waals surface area contributed by atoms with Crippen LogP contribution >= 0.6 is 0 Å². The van der Waals surface area contributed by atoms with E-state index in [9.17, 15) is 9.59 Å². The summed E-state index contributed by atoms with van der Waals surface area (Å²) in [6, 6.07) is 0. The molecule has 0 spiro atoms. The molecule has 0 unspecified atom stereocenters. The summed E-state index contributed by atoms with van der Waals surface area (Å²) in [6.07, 6.45) is -0.585. The third-order valence-electron chi connectivity index (χ3n) is 3.42. The summed E-state index contributed by atoms with van der Waals surface area (Å²) < 4.78 is 10.4. The highest BCUT2D eigenvalue weighted by molar-refractivity contribution is 5.82. The molecule has 108 valence electrons. The third kappa shape index (κ3) is 4.15. The van der Waals surface area contributed by atoms with Crippen LogP contribution in [0.5, 0.6) is 0 Å². The number of aliphatic carboxylic acids is 1. The number of hydrogen-bond acceptors (Lipinski definition) is 5. The van der Waals surface area contributed by atoms with Crippen LogP contribution in [0.4, 0.5) is 0 Å². The molecule has 7 heteroatoms. The van der Waals surface area contributed by atoms with Crippen LogP contribution in [-0.4, -0.2) is 73.5 Å². The van der Waals surface area contributed by atoms with Crippen molar-refractivity contribution < 1.29 is 24.2 Å². The lowest BCUT2D eigenvalue weighted by molar-refractivity contribution is -0.151. The molecule has 0 radical (unpaired) electrons. The van der Waals surface area contributed by atoms with Crippen molar-refractivity contribution in [2.45, 2.75) is 25.0 Å². The second kappa shape index (κ2) is 6.83. The number of carboxylic acids is 1. The summed E-state index contributed by atoms with van der Waals surface area (Å²) in [5.74, 6) is -1.21. The molecule has 2 aliphatic rings. The topological polar surface area (TPSA) is 88.1 Å². The minimum absolute atomic E-state index is 0.211. The molecule has 0 aromatic carbocycles. The van der Waals surface area contributed by atoms with Gasteiger partial charge in [0.2, 0.25) is 5.91 Å². The summed E-state index contributed by atoms with van der Waals surface area (Å²) in [5.41, 5.74) is 0. The second-order valence-electron chi connectivity index (χ2n) is 4.77. The number of morpholine rings is 1. The number of nitrogens with one attached hydrogen (secondary N) is 1. The van der Waals surface area contributed by atoms with Gasteiger partial charge in [0.25, 0.3) is 0 Å². The van der Waals surface area contributed by atoms with E-state index in [1.807, 2.05) is 0 Å². The van der Waals surface area contributed by atoms with Gasteiger partial charge < -0.3 is 19.9 Å². The van der Waals surface area contributed by atoms with E-state index in [1.54, 1.807) is 0 Å². The molecule has 0 aromatic rings. The molecule has 2 rings (SSSR count). The van der Waals surface area contributed by atoms with Crippen molar-refractivity contribution in [3.8, 4) is 0 Å². The summed E-state index contributed by atoms with van der Waals surface area (Å²) in [4.78, 5) is 24.7. The highest BCUT2D eigenvalue weighted by atomic mass is 16.5. The van der Waals surface area contributed by atoms with Crippen LogP contribution in [0.3, 0.4) is 0 Å².